The van der Waals surface area contributed by atoms with Gasteiger partial charge in [-0.05, 0) is 38.3 Å². The van der Waals surface area contributed by atoms with Gasteiger partial charge in [-0.2, -0.15) is 0 Å². The zero-order valence-electron chi connectivity index (χ0n) is 17.7. The molecular weight excluding hydrogens is 312 g/mol. The third-order valence-electron chi connectivity index (χ3n) is 3.59. The summed E-state index contributed by atoms with van der Waals surface area (Å²) in [4.78, 5) is 0. The van der Waals surface area contributed by atoms with E-state index in [1.54, 1.807) is 0 Å². The van der Waals surface area contributed by atoms with Gasteiger partial charge in [0.25, 0.3) is 0 Å². The molecule has 0 atom stereocenters. The lowest BCUT2D eigenvalue weighted by atomic mass is 10.0. The Morgan fingerprint density at radius 1 is 0.423 bits per heavy atom. The molecule has 0 nitrogen and oxygen atoms in total. The van der Waals surface area contributed by atoms with Crippen molar-refractivity contribution in [3.8, 4) is 0 Å². The highest BCUT2D eigenvalue weighted by molar-refractivity contribution is 5.29. The van der Waals surface area contributed by atoms with Crippen LogP contribution in [0.1, 0.15) is 55.5 Å². The molecule has 0 saturated carbocycles. The van der Waals surface area contributed by atoms with E-state index in [0.717, 1.165) is 6.42 Å². The Bertz CT molecular complexity index is 618. The van der Waals surface area contributed by atoms with E-state index in [1.807, 2.05) is 45.9 Å². The molecule has 0 N–H and O–H groups in total. The van der Waals surface area contributed by atoms with Crippen LogP contribution in [0.25, 0.3) is 0 Å². The molecule has 3 aromatic carbocycles. The Morgan fingerprint density at radius 2 is 0.731 bits per heavy atom. The van der Waals surface area contributed by atoms with Crippen molar-refractivity contribution in [1.82, 2.24) is 0 Å². The predicted octanol–water partition coefficient (Wildman–Crippen LogP) is 7.94. The standard InChI is InChI=1S/C15H16.C7H8.2C2H6/c1-12-3-7-14(8-4-12)11-15-9-5-13(2)6-10-15;1-7-5-3-2-4-6-7;2*1-2/h3-10H,11H2,1-2H3;2-6H,1H3;2*1-2H3. The van der Waals surface area contributed by atoms with Crippen molar-refractivity contribution in [3.63, 3.8) is 0 Å². The number of rotatable bonds is 2. The summed E-state index contributed by atoms with van der Waals surface area (Å²) in [5.41, 5.74) is 6.72. The summed E-state index contributed by atoms with van der Waals surface area (Å²) in [5.74, 6) is 0. The molecule has 0 aliphatic carbocycles. The van der Waals surface area contributed by atoms with Crippen molar-refractivity contribution in [2.24, 2.45) is 0 Å². The lowest BCUT2D eigenvalue weighted by Crippen LogP contribution is -1.88. The quantitative estimate of drug-likeness (QED) is 0.441. The summed E-state index contributed by atoms with van der Waals surface area (Å²) in [6, 6.07) is 27.8. The van der Waals surface area contributed by atoms with Gasteiger partial charge in [0.15, 0.2) is 0 Å². The van der Waals surface area contributed by atoms with Crippen LogP contribution in [0.3, 0.4) is 0 Å². The molecule has 0 fully saturated rings. The first-order valence-electron chi connectivity index (χ1n) is 9.76. The van der Waals surface area contributed by atoms with E-state index < -0.39 is 0 Å². The van der Waals surface area contributed by atoms with E-state index >= 15 is 0 Å². The minimum Gasteiger partial charge on any atom is -0.0683 e. The molecule has 0 aliphatic rings. The molecule has 0 saturated heterocycles. The van der Waals surface area contributed by atoms with E-state index in [4.69, 9.17) is 0 Å². The zero-order valence-corrected chi connectivity index (χ0v) is 17.7. The summed E-state index contributed by atoms with van der Waals surface area (Å²) in [5, 5.41) is 0. The second kappa shape index (κ2) is 15.0. The van der Waals surface area contributed by atoms with Crippen molar-refractivity contribution >= 4 is 0 Å². The highest BCUT2D eigenvalue weighted by Gasteiger charge is 1.95. The van der Waals surface area contributed by atoms with Gasteiger partial charge < -0.3 is 0 Å². The van der Waals surface area contributed by atoms with Crippen LogP contribution in [0.15, 0.2) is 78.9 Å². The molecule has 140 valence electrons. The number of benzene rings is 3. The van der Waals surface area contributed by atoms with Gasteiger partial charge in [-0.25, -0.2) is 0 Å². The lowest BCUT2D eigenvalue weighted by molar-refractivity contribution is 1.18. The Labute approximate surface area is 161 Å². The molecule has 0 radical (unpaired) electrons. The van der Waals surface area contributed by atoms with Crippen LogP contribution in [0, 0.1) is 20.8 Å². The molecule has 0 unspecified atom stereocenters. The molecule has 3 rings (SSSR count). The van der Waals surface area contributed by atoms with Gasteiger partial charge in [0.2, 0.25) is 0 Å². The van der Waals surface area contributed by atoms with Gasteiger partial charge in [-0.3, -0.25) is 0 Å². The normalized spacial score (nSPS) is 8.73. The average molecular weight is 349 g/mol. The Kier molecular flexibility index (Phi) is 13.6. The van der Waals surface area contributed by atoms with Gasteiger partial charge in [0.1, 0.15) is 0 Å². The first-order chi connectivity index (χ1) is 12.6. The van der Waals surface area contributed by atoms with Gasteiger partial charge >= 0.3 is 0 Å². The van der Waals surface area contributed by atoms with Crippen LogP contribution in [0.2, 0.25) is 0 Å². The van der Waals surface area contributed by atoms with Crippen LogP contribution >= 0.6 is 0 Å². The number of hydrogen-bond acceptors (Lipinski definition) is 0. The van der Waals surface area contributed by atoms with Gasteiger partial charge in [0.05, 0.1) is 0 Å². The highest BCUT2D eigenvalue weighted by Crippen LogP contribution is 2.11. The average Bonchev–Trinajstić information content (AvgIpc) is 2.70. The van der Waals surface area contributed by atoms with E-state index in [9.17, 15) is 0 Å². The van der Waals surface area contributed by atoms with Gasteiger partial charge in [0, 0.05) is 0 Å². The summed E-state index contributed by atoms with van der Waals surface area (Å²) >= 11 is 0. The fraction of sp³-hybridized carbons (Fsp3) is 0.308. The minimum atomic E-state index is 1.03. The predicted molar refractivity (Wildman–Crippen MR) is 119 cm³/mol. The van der Waals surface area contributed by atoms with Crippen molar-refractivity contribution < 1.29 is 0 Å². The minimum absolute atomic E-state index is 1.03. The Hall–Kier alpha value is -2.34. The zero-order chi connectivity index (χ0) is 19.8. The van der Waals surface area contributed by atoms with Crippen molar-refractivity contribution in [3.05, 3.63) is 107 Å². The highest BCUT2D eigenvalue weighted by atomic mass is 14.0. The topological polar surface area (TPSA) is 0 Å². The largest absolute Gasteiger partial charge is 0.0683 e. The maximum absolute atomic E-state index is 2.20. The van der Waals surface area contributed by atoms with Crippen LogP contribution in [-0.4, -0.2) is 0 Å². The molecule has 0 aliphatic heterocycles. The number of aryl methyl sites for hydroxylation is 3. The monoisotopic (exact) mass is 348 g/mol. The molecule has 0 aromatic heterocycles. The molecular formula is C26H36. The van der Waals surface area contributed by atoms with Crippen LogP contribution in [0.5, 0.6) is 0 Å². The fourth-order valence-corrected chi connectivity index (χ4v) is 2.18. The second-order valence-corrected chi connectivity index (χ2v) is 5.80. The van der Waals surface area contributed by atoms with E-state index in [0.29, 0.717) is 0 Å². The van der Waals surface area contributed by atoms with Crippen LogP contribution in [0.4, 0.5) is 0 Å². The number of hydrogen-bond donors (Lipinski definition) is 0. The summed E-state index contributed by atoms with van der Waals surface area (Å²) in [7, 11) is 0. The van der Waals surface area contributed by atoms with Gasteiger partial charge in [-0.15, -0.1) is 0 Å². The smallest absolute Gasteiger partial charge is 0.00258 e. The molecule has 0 spiro atoms. The van der Waals surface area contributed by atoms with Crippen LogP contribution in [-0.2, 0) is 6.42 Å². The van der Waals surface area contributed by atoms with Crippen LogP contribution < -0.4 is 0 Å². The maximum Gasteiger partial charge on any atom is -0.00258 e. The van der Waals surface area contributed by atoms with E-state index in [-0.39, 0.29) is 0 Å². The Balaban J connectivity index is 0.000000477. The fourth-order valence-electron chi connectivity index (χ4n) is 2.18. The summed E-state index contributed by atoms with van der Waals surface area (Å²) in [6.45, 7) is 14.3. The van der Waals surface area contributed by atoms with E-state index in [2.05, 4.69) is 81.4 Å². The van der Waals surface area contributed by atoms with Crippen molar-refractivity contribution in [2.45, 2.75) is 54.9 Å². The summed E-state index contributed by atoms with van der Waals surface area (Å²) < 4.78 is 0. The lowest BCUT2D eigenvalue weighted by Gasteiger charge is -2.03. The molecule has 26 heavy (non-hydrogen) atoms. The van der Waals surface area contributed by atoms with Gasteiger partial charge in [-0.1, -0.05) is 123 Å². The van der Waals surface area contributed by atoms with Crippen molar-refractivity contribution in [1.29, 1.82) is 0 Å². The summed E-state index contributed by atoms with van der Waals surface area (Å²) in [6.07, 6.45) is 1.03. The molecule has 0 amide bonds. The first kappa shape index (κ1) is 23.7. The SMILES string of the molecule is CC.CC.Cc1ccc(Cc2ccc(C)cc2)cc1.Cc1ccccc1. The second-order valence-electron chi connectivity index (χ2n) is 5.80. The third kappa shape index (κ3) is 10.5. The van der Waals surface area contributed by atoms with Crippen molar-refractivity contribution in [2.75, 3.05) is 0 Å². The first-order valence-corrected chi connectivity index (χ1v) is 9.76. The third-order valence-corrected chi connectivity index (χ3v) is 3.59. The molecule has 0 bridgehead atoms. The van der Waals surface area contributed by atoms with E-state index in [1.165, 1.54) is 27.8 Å². The molecule has 0 heteroatoms. The molecule has 0 heterocycles. The maximum atomic E-state index is 2.20. The Morgan fingerprint density at radius 3 is 1.00 bits per heavy atom. The molecule has 3 aromatic rings.